The molecule has 9 rings (SSSR count). The van der Waals surface area contributed by atoms with Crippen LogP contribution < -0.4 is 0 Å². The molecule has 0 spiro atoms. The van der Waals surface area contributed by atoms with Crippen molar-refractivity contribution >= 4 is 53.9 Å². The highest BCUT2D eigenvalue weighted by Gasteiger charge is 2.19. The first kappa shape index (κ1) is 26.7. The Bertz CT molecular complexity index is 2550. The van der Waals surface area contributed by atoms with Crippen LogP contribution in [0, 0.1) is 0 Å². The van der Waals surface area contributed by atoms with Gasteiger partial charge in [0.1, 0.15) is 0 Å². The second kappa shape index (κ2) is 10.7. The molecule has 0 unspecified atom stereocenters. The lowest BCUT2D eigenvalue weighted by molar-refractivity contribution is 1.18. The lowest BCUT2D eigenvalue weighted by Gasteiger charge is -2.20. The molecule has 0 aliphatic rings. The van der Waals surface area contributed by atoms with Crippen molar-refractivity contribution < 1.29 is 0 Å². The molecule has 0 bridgehead atoms. The van der Waals surface area contributed by atoms with Crippen LogP contribution in [0.5, 0.6) is 0 Å². The summed E-state index contributed by atoms with van der Waals surface area (Å²) in [5, 5.41) is 13.1. The molecule has 0 nitrogen and oxygen atoms in total. The van der Waals surface area contributed by atoms with Crippen molar-refractivity contribution in [3.8, 4) is 33.4 Å². The minimum Gasteiger partial charge on any atom is -0.0622 e. The topological polar surface area (TPSA) is 0 Å². The molecular weight excluding hydrogens is 553 g/mol. The number of aryl methyl sites for hydroxylation is 1. The minimum absolute atomic E-state index is 1.01. The molecule has 0 atom stereocenters. The number of fused-ring (bicyclic) bond motifs is 6. The second-order valence-electron chi connectivity index (χ2n) is 12.3. The van der Waals surface area contributed by atoms with Gasteiger partial charge in [-0.2, -0.15) is 0 Å². The third-order valence-electron chi connectivity index (χ3n) is 9.83. The summed E-state index contributed by atoms with van der Waals surface area (Å²) in [6.07, 6.45) is 1.01. The fraction of sp³-hybridized carbons (Fsp3) is 0.0435. The largest absolute Gasteiger partial charge is 0.0622 e. The van der Waals surface area contributed by atoms with Crippen LogP contribution in [0.25, 0.3) is 87.2 Å². The zero-order valence-electron chi connectivity index (χ0n) is 25.8. The number of hydrogen-bond donors (Lipinski definition) is 0. The summed E-state index contributed by atoms with van der Waals surface area (Å²) in [5.74, 6) is 0. The van der Waals surface area contributed by atoms with Crippen LogP contribution in [0.4, 0.5) is 0 Å². The Morgan fingerprint density at radius 2 is 0.870 bits per heavy atom. The third-order valence-corrected chi connectivity index (χ3v) is 9.83. The van der Waals surface area contributed by atoms with Gasteiger partial charge in [0.25, 0.3) is 0 Å². The zero-order valence-corrected chi connectivity index (χ0v) is 25.8. The lowest BCUT2D eigenvalue weighted by atomic mass is 9.83. The number of hydrogen-bond acceptors (Lipinski definition) is 0. The molecule has 0 heteroatoms. The monoisotopic (exact) mass is 584 g/mol. The molecule has 0 saturated heterocycles. The van der Waals surface area contributed by atoms with Crippen molar-refractivity contribution in [2.24, 2.45) is 0 Å². The first-order valence-corrected chi connectivity index (χ1v) is 16.3. The summed E-state index contributed by atoms with van der Waals surface area (Å²) in [7, 11) is 0. The van der Waals surface area contributed by atoms with Gasteiger partial charge < -0.3 is 0 Å². The highest BCUT2D eigenvalue weighted by Crippen LogP contribution is 2.46. The molecule has 0 saturated carbocycles. The normalized spacial score (nSPS) is 11.7. The molecule has 9 aromatic carbocycles. The van der Waals surface area contributed by atoms with E-state index in [1.165, 1.54) is 92.8 Å². The fourth-order valence-corrected chi connectivity index (χ4v) is 7.81. The smallest absolute Gasteiger partial charge is 0.00201 e. The first-order chi connectivity index (χ1) is 22.8. The molecule has 0 heterocycles. The van der Waals surface area contributed by atoms with Gasteiger partial charge >= 0.3 is 0 Å². The second-order valence-corrected chi connectivity index (χ2v) is 12.3. The fourth-order valence-electron chi connectivity index (χ4n) is 7.81. The number of rotatable bonds is 4. The number of benzene rings is 9. The van der Waals surface area contributed by atoms with Crippen molar-refractivity contribution in [2.75, 3.05) is 0 Å². The van der Waals surface area contributed by atoms with Gasteiger partial charge in [-0.05, 0) is 111 Å². The third kappa shape index (κ3) is 4.07. The van der Waals surface area contributed by atoms with Gasteiger partial charge in [-0.1, -0.05) is 159 Å². The van der Waals surface area contributed by atoms with Crippen LogP contribution >= 0.6 is 0 Å². The lowest BCUT2D eigenvalue weighted by Crippen LogP contribution is -1.93. The predicted molar refractivity (Wildman–Crippen MR) is 200 cm³/mol. The van der Waals surface area contributed by atoms with E-state index in [9.17, 15) is 0 Å². The van der Waals surface area contributed by atoms with Gasteiger partial charge in [-0.25, -0.2) is 0 Å². The van der Waals surface area contributed by atoms with E-state index >= 15 is 0 Å². The quantitative estimate of drug-likeness (QED) is 0.143. The molecule has 0 N–H and O–H groups in total. The maximum atomic E-state index is 2.40. The Hall–Kier alpha value is -5.72. The highest BCUT2D eigenvalue weighted by molar-refractivity contribution is 6.25. The van der Waals surface area contributed by atoms with E-state index in [2.05, 4.69) is 171 Å². The standard InChI is InChI=1S/C46H32/c1-2-34-35-19-7-6-16-32(35)29-44-36-24-13-25-39(38(36)27-26-37(34)44)46-42-22-10-8-20-40(42)45(41-21-9-11-23-43(41)46)33-18-12-17-31(28-33)30-14-4-3-5-15-30/h3-29H,2H2,1H3. The zero-order chi connectivity index (χ0) is 30.6. The summed E-state index contributed by atoms with van der Waals surface area (Å²) in [6, 6.07) is 60.5. The molecule has 0 aliphatic carbocycles. The van der Waals surface area contributed by atoms with Crippen molar-refractivity contribution in [2.45, 2.75) is 13.3 Å². The van der Waals surface area contributed by atoms with Gasteiger partial charge in [-0.15, -0.1) is 0 Å². The Morgan fingerprint density at radius 1 is 0.326 bits per heavy atom. The molecule has 0 aromatic heterocycles. The molecule has 46 heavy (non-hydrogen) atoms. The van der Waals surface area contributed by atoms with Crippen LogP contribution in [0.2, 0.25) is 0 Å². The van der Waals surface area contributed by atoms with Gasteiger partial charge in [0.15, 0.2) is 0 Å². The van der Waals surface area contributed by atoms with Crippen LogP contribution in [-0.4, -0.2) is 0 Å². The SMILES string of the molecule is CCc1c2ccccc2cc2c1ccc1c(-c3c4ccccc4c(-c4cccc(-c5ccccc5)c4)c4ccccc34)cccc12. The highest BCUT2D eigenvalue weighted by atomic mass is 14.2. The Kier molecular flexibility index (Phi) is 6.21. The van der Waals surface area contributed by atoms with E-state index in [0.29, 0.717) is 0 Å². The summed E-state index contributed by atoms with van der Waals surface area (Å²) >= 11 is 0. The summed E-state index contributed by atoms with van der Waals surface area (Å²) < 4.78 is 0. The van der Waals surface area contributed by atoms with E-state index in [1.54, 1.807) is 0 Å². The van der Waals surface area contributed by atoms with Gasteiger partial charge in [0, 0.05) is 0 Å². The summed E-state index contributed by atoms with van der Waals surface area (Å²) in [5.41, 5.74) is 9.00. The van der Waals surface area contributed by atoms with Crippen molar-refractivity contribution in [1.82, 2.24) is 0 Å². The Balaban J connectivity index is 1.36. The first-order valence-electron chi connectivity index (χ1n) is 16.3. The molecule has 0 amide bonds. The molecular formula is C46H32. The van der Waals surface area contributed by atoms with Crippen LogP contribution in [0.3, 0.4) is 0 Å². The van der Waals surface area contributed by atoms with Gasteiger partial charge in [0.2, 0.25) is 0 Å². The van der Waals surface area contributed by atoms with E-state index in [1.807, 2.05) is 0 Å². The van der Waals surface area contributed by atoms with Crippen molar-refractivity contribution in [3.63, 3.8) is 0 Å². The van der Waals surface area contributed by atoms with Gasteiger partial charge in [0.05, 0.1) is 0 Å². The van der Waals surface area contributed by atoms with Crippen LogP contribution in [-0.2, 0) is 6.42 Å². The van der Waals surface area contributed by atoms with E-state index in [4.69, 9.17) is 0 Å². The van der Waals surface area contributed by atoms with E-state index in [-0.39, 0.29) is 0 Å². The average Bonchev–Trinajstić information content (AvgIpc) is 3.13. The predicted octanol–water partition coefficient (Wildman–Crippen LogP) is 13.0. The maximum absolute atomic E-state index is 2.40. The minimum atomic E-state index is 1.01. The Morgan fingerprint density at radius 3 is 1.59 bits per heavy atom. The Labute approximate surface area is 269 Å². The van der Waals surface area contributed by atoms with E-state index in [0.717, 1.165) is 6.42 Å². The molecule has 216 valence electrons. The summed E-state index contributed by atoms with van der Waals surface area (Å²) in [4.78, 5) is 0. The average molecular weight is 585 g/mol. The van der Waals surface area contributed by atoms with Crippen LogP contribution in [0.15, 0.2) is 164 Å². The molecule has 0 fully saturated rings. The molecule has 0 radical (unpaired) electrons. The van der Waals surface area contributed by atoms with Gasteiger partial charge in [-0.3, -0.25) is 0 Å². The molecule has 9 aromatic rings. The van der Waals surface area contributed by atoms with Crippen LogP contribution in [0.1, 0.15) is 12.5 Å². The van der Waals surface area contributed by atoms with Crippen molar-refractivity contribution in [3.05, 3.63) is 169 Å². The molecule has 0 aliphatic heterocycles. The van der Waals surface area contributed by atoms with Crippen molar-refractivity contribution in [1.29, 1.82) is 0 Å². The van der Waals surface area contributed by atoms with E-state index < -0.39 is 0 Å². The maximum Gasteiger partial charge on any atom is -0.00201 e. The summed E-state index contributed by atoms with van der Waals surface area (Å²) in [6.45, 7) is 2.28.